The summed E-state index contributed by atoms with van der Waals surface area (Å²) >= 11 is 0. The first kappa shape index (κ1) is 11.8. The molecule has 0 aliphatic rings. The molecule has 0 bridgehead atoms. The molecule has 0 aliphatic heterocycles. The summed E-state index contributed by atoms with van der Waals surface area (Å²) in [6, 6.07) is 16.1. The van der Waals surface area contributed by atoms with Gasteiger partial charge < -0.3 is 9.30 Å². The van der Waals surface area contributed by atoms with Crippen LogP contribution in [-0.2, 0) is 13.7 Å². The number of nitrogens with zero attached hydrogens (tertiary/aromatic N) is 2. The monoisotopic (exact) mass is 252 g/mol. The third-order valence-corrected chi connectivity index (χ3v) is 3.24. The zero-order valence-corrected chi connectivity index (χ0v) is 11.1. The van der Waals surface area contributed by atoms with E-state index in [-0.39, 0.29) is 0 Å². The molecule has 0 saturated heterocycles. The average Bonchev–Trinajstić information content (AvgIpc) is 2.74. The minimum absolute atomic E-state index is 0.480. The summed E-state index contributed by atoms with van der Waals surface area (Å²) < 4.78 is 7.84. The zero-order chi connectivity index (χ0) is 13.2. The number of rotatable bonds is 3. The van der Waals surface area contributed by atoms with Crippen LogP contribution in [0.5, 0.6) is 5.75 Å². The Kier molecular flexibility index (Phi) is 2.95. The van der Waals surface area contributed by atoms with Gasteiger partial charge >= 0.3 is 0 Å². The molecule has 2 aromatic carbocycles. The Morgan fingerprint density at radius 2 is 1.89 bits per heavy atom. The van der Waals surface area contributed by atoms with Crippen molar-refractivity contribution in [1.29, 1.82) is 0 Å². The average molecular weight is 252 g/mol. The van der Waals surface area contributed by atoms with E-state index in [9.17, 15) is 0 Å². The summed E-state index contributed by atoms with van der Waals surface area (Å²) in [7, 11) is 2.03. The maximum Gasteiger partial charge on any atom is 0.147 e. The quantitative estimate of drug-likeness (QED) is 0.713. The molecular formula is C16H16N2O. The van der Waals surface area contributed by atoms with Crippen LogP contribution in [0.1, 0.15) is 11.4 Å². The Morgan fingerprint density at radius 3 is 2.68 bits per heavy atom. The minimum atomic E-state index is 0.480. The molecule has 3 nitrogen and oxygen atoms in total. The topological polar surface area (TPSA) is 27.1 Å². The van der Waals surface area contributed by atoms with Crippen LogP contribution in [-0.4, -0.2) is 9.55 Å². The molecule has 0 spiro atoms. The molecule has 0 radical (unpaired) electrons. The van der Waals surface area contributed by atoms with Gasteiger partial charge in [-0.25, -0.2) is 4.98 Å². The summed E-state index contributed by atoms with van der Waals surface area (Å²) in [6.45, 7) is 2.57. The van der Waals surface area contributed by atoms with Crippen LogP contribution < -0.4 is 4.74 Å². The zero-order valence-electron chi connectivity index (χ0n) is 11.1. The molecular weight excluding hydrogens is 236 g/mol. The first-order valence-corrected chi connectivity index (χ1v) is 6.34. The van der Waals surface area contributed by atoms with E-state index in [1.54, 1.807) is 0 Å². The van der Waals surface area contributed by atoms with Crippen LogP contribution in [0.2, 0.25) is 0 Å². The molecule has 0 fully saturated rings. The lowest BCUT2D eigenvalue weighted by Crippen LogP contribution is -2.03. The lowest BCUT2D eigenvalue weighted by atomic mass is 10.2. The molecule has 1 aromatic heterocycles. The Morgan fingerprint density at radius 1 is 1.11 bits per heavy atom. The van der Waals surface area contributed by atoms with Crippen molar-refractivity contribution in [2.45, 2.75) is 13.5 Å². The maximum atomic E-state index is 5.75. The molecule has 0 unspecified atom stereocenters. The van der Waals surface area contributed by atoms with Gasteiger partial charge in [-0.3, -0.25) is 0 Å². The van der Waals surface area contributed by atoms with Crippen LogP contribution in [0.3, 0.4) is 0 Å². The fourth-order valence-corrected chi connectivity index (χ4v) is 2.14. The van der Waals surface area contributed by atoms with Gasteiger partial charge in [0, 0.05) is 7.05 Å². The molecule has 0 saturated carbocycles. The van der Waals surface area contributed by atoms with Crippen LogP contribution in [0.15, 0.2) is 48.5 Å². The molecule has 3 rings (SSSR count). The molecule has 1 heterocycles. The number of para-hydroxylation sites is 1. The predicted molar refractivity (Wildman–Crippen MR) is 76.2 cm³/mol. The SMILES string of the molecule is Cc1ccc2nc(COc3ccccc3)n(C)c2c1. The Hall–Kier alpha value is -2.29. The number of hydrogen-bond acceptors (Lipinski definition) is 2. The number of fused-ring (bicyclic) bond motifs is 1. The third kappa shape index (κ3) is 2.32. The third-order valence-electron chi connectivity index (χ3n) is 3.24. The van der Waals surface area contributed by atoms with E-state index < -0.39 is 0 Å². The van der Waals surface area contributed by atoms with Gasteiger partial charge in [0.05, 0.1) is 11.0 Å². The van der Waals surface area contributed by atoms with Crippen molar-refractivity contribution in [1.82, 2.24) is 9.55 Å². The summed E-state index contributed by atoms with van der Waals surface area (Å²) in [5.74, 6) is 1.80. The Balaban J connectivity index is 1.87. The van der Waals surface area contributed by atoms with Crippen LogP contribution >= 0.6 is 0 Å². The molecule has 0 N–H and O–H groups in total. The number of imidazole rings is 1. The molecule has 3 heteroatoms. The predicted octanol–water partition coefficient (Wildman–Crippen LogP) is 3.46. The number of aryl methyl sites for hydroxylation is 2. The van der Waals surface area contributed by atoms with E-state index in [1.165, 1.54) is 5.56 Å². The largest absolute Gasteiger partial charge is 0.486 e. The van der Waals surface area contributed by atoms with E-state index >= 15 is 0 Å². The number of aromatic nitrogens is 2. The molecule has 0 atom stereocenters. The van der Waals surface area contributed by atoms with Gasteiger partial charge in [-0.15, -0.1) is 0 Å². The van der Waals surface area contributed by atoms with Crippen LogP contribution in [0.25, 0.3) is 11.0 Å². The maximum absolute atomic E-state index is 5.75. The second-order valence-corrected chi connectivity index (χ2v) is 4.68. The van der Waals surface area contributed by atoms with Crippen molar-refractivity contribution in [2.75, 3.05) is 0 Å². The minimum Gasteiger partial charge on any atom is -0.486 e. The highest BCUT2D eigenvalue weighted by atomic mass is 16.5. The van der Waals surface area contributed by atoms with Gasteiger partial charge in [-0.1, -0.05) is 24.3 Å². The van der Waals surface area contributed by atoms with Crippen molar-refractivity contribution < 1.29 is 4.74 Å². The highest BCUT2D eigenvalue weighted by Crippen LogP contribution is 2.18. The second-order valence-electron chi connectivity index (χ2n) is 4.68. The van der Waals surface area contributed by atoms with Gasteiger partial charge in [-0.05, 0) is 36.8 Å². The van der Waals surface area contributed by atoms with E-state index in [2.05, 4.69) is 34.7 Å². The normalized spacial score (nSPS) is 10.8. The summed E-state index contributed by atoms with van der Waals surface area (Å²) in [5.41, 5.74) is 3.40. The van der Waals surface area contributed by atoms with Gasteiger partial charge in [0.25, 0.3) is 0 Å². The van der Waals surface area contributed by atoms with Crippen molar-refractivity contribution in [3.8, 4) is 5.75 Å². The Labute approximate surface area is 112 Å². The molecule has 19 heavy (non-hydrogen) atoms. The van der Waals surface area contributed by atoms with E-state index in [0.29, 0.717) is 6.61 Å². The van der Waals surface area contributed by atoms with Crippen LogP contribution in [0, 0.1) is 6.92 Å². The molecule has 96 valence electrons. The van der Waals surface area contributed by atoms with Crippen LogP contribution in [0.4, 0.5) is 0 Å². The second kappa shape index (κ2) is 4.76. The summed E-state index contributed by atoms with van der Waals surface area (Å²) in [4.78, 5) is 4.61. The van der Waals surface area contributed by atoms with Crippen molar-refractivity contribution in [3.05, 3.63) is 59.9 Å². The smallest absolute Gasteiger partial charge is 0.147 e. The van der Waals surface area contributed by atoms with Crippen molar-refractivity contribution in [2.24, 2.45) is 7.05 Å². The number of hydrogen-bond donors (Lipinski definition) is 0. The van der Waals surface area contributed by atoms with E-state index in [4.69, 9.17) is 4.74 Å². The highest BCUT2D eigenvalue weighted by Gasteiger charge is 2.08. The number of benzene rings is 2. The summed E-state index contributed by atoms with van der Waals surface area (Å²) in [6.07, 6.45) is 0. The first-order chi connectivity index (χ1) is 9.24. The van der Waals surface area contributed by atoms with Crippen molar-refractivity contribution >= 4 is 11.0 Å². The molecule has 3 aromatic rings. The lowest BCUT2D eigenvalue weighted by Gasteiger charge is -2.05. The van der Waals surface area contributed by atoms with E-state index in [1.807, 2.05) is 37.4 Å². The Bertz CT molecular complexity index is 701. The van der Waals surface area contributed by atoms with E-state index in [0.717, 1.165) is 22.6 Å². The standard InChI is InChI=1S/C16H16N2O/c1-12-8-9-14-15(10-12)18(2)16(17-14)11-19-13-6-4-3-5-7-13/h3-10H,11H2,1-2H3. The number of ether oxygens (including phenoxy) is 1. The highest BCUT2D eigenvalue weighted by molar-refractivity contribution is 5.76. The molecule has 0 aliphatic carbocycles. The van der Waals surface area contributed by atoms with Gasteiger partial charge in [-0.2, -0.15) is 0 Å². The summed E-state index contributed by atoms with van der Waals surface area (Å²) in [5, 5.41) is 0. The fourth-order valence-electron chi connectivity index (χ4n) is 2.14. The lowest BCUT2D eigenvalue weighted by molar-refractivity contribution is 0.292. The van der Waals surface area contributed by atoms with Gasteiger partial charge in [0.2, 0.25) is 0 Å². The molecule has 0 amide bonds. The fraction of sp³-hybridized carbons (Fsp3) is 0.188. The van der Waals surface area contributed by atoms with Gasteiger partial charge in [0.1, 0.15) is 18.2 Å². The van der Waals surface area contributed by atoms with Crippen molar-refractivity contribution in [3.63, 3.8) is 0 Å². The van der Waals surface area contributed by atoms with Gasteiger partial charge in [0.15, 0.2) is 0 Å². The first-order valence-electron chi connectivity index (χ1n) is 6.34.